The van der Waals surface area contributed by atoms with Gasteiger partial charge in [-0.15, -0.1) is 0 Å². The van der Waals surface area contributed by atoms with Crippen LogP contribution < -0.4 is 0 Å². The molecule has 2 amide bonds. The van der Waals surface area contributed by atoms with E-state index in [1.165, 1.54) is 0 Å². The molecule has 1 unspecified atom stereocenters. The van der Waals surface area contributed by atoms with Crippen LogP contribution >= 0.6 is 0 Å². The van der Waals surface area contributed by atoms with Gasteiger partial charge >= 0.3 is 12.2 Å². The highest BCUT2D eigenvalue weighted by molar-refractivity contribution is 5.72. The molecule has 8 nitrogen and oxygen atoms in total. The zero-order valence-corrected chi connectivity index (χ0v) is 23.3. The molecule has 0 N–H and O–H groups in total. The number of rotatable bonds is 9. The number of ether oxygens (including phenoxy) is 4. The van der Waals surface area contributed by atoms with Crippen LogP contribution in [0.3, 0.4) is 0 Å². The van der Waals surface area contributed by atoms with Gasteiger partial charge in [-0.3, -0.25) is 9.80 Å². The van der Waals surface area contributed by atoms with Gasteiger partial charge in [-0.25, -0.2) is 9.59 Å². The SMILES string of the molecule is CC(C)(C)OC(=O)N1CC1[C@@H](OCc1ccccc1)[C@H](OCc1ccccc1)[C@@H]1CN1C(=O)OC(C)(C)C. The van der Waals surface area contributed by atoms with Crippen LogP contribution in [0.5, 0.6) is 0 Å². The number of carbonyl (C=O) groups is 2. The van der Waals surface area contributed by atoms with E-state index in [1.54, 1.807) is 9.80 Å². The minimum Gasteiger partial charge on any atom is -0.444 e. The van der Waals surface area contributed by atoms with Crippen molar-refractivity contribution < 1.29 is 28.5 Å². The highest BCUT2D eigenvalue weighted by Crippen LogP contribution is 2.36. The molecule has 2 aromatic carbocycles. The van der Waals surface area contributed by atoms with Gasteiger partial charge < -0.3 is 18.9 Å². The van der Waals surface area contributed by atoms with E-state index in [4.69, 9.17) is 18.9 Å². The molecule has 0 radical (unpaired) electrons. The summed E-state index contributed by atoms with van der Waals surface area (Å²) in [6.45, 7) is 12.8. The summed E-state index contributed by atoms with van der Waals surface area (Å²) in [5.41, 5.74) is 0.836. The van der Waals surface area contributed by atoms with Crippen LogP contribution in [0, 0.1) is 0 Å². The van der Waals surface area contributed by atoms with Gasteiger partial charge in [0.05, 0.1) is 25.3 Å². The van der Waals surface area contributed by atoms with Gasteiger partial charge in [0.2, 0.25) is 0 Å². The van der Waals surface area contributed by atoms with Crippen molar-refractivity contribution in [2.45, 2.75) is 90.2 Å². The van der Waals surface area contributed by atoms with E-state index in [2.05, 4.69) is 0 Å². The smallest absolute Gasteiger partial charge is 0.410 e. The lowest BCUT2D eigenvalue weighted by molar-refractivity contribution is -0.0941. The first-order valence-electron chi connectivity index (χ1n) is 13.2. The van der Waals surface area contributed by atoms with E-state index in [1.807, 2.05) is 102 Å². The van der Waals surface area contributed by atoms with Crippen LogP contribution in [0.1, 0.15) is 52.7 Å². The van der Waals surface area contributed by atoms with E-state index < -0.39 is 23.4 Å². The molecule has 0 saturated carbocycles. The Morgan fingerprint density at radius 2 is 1.03 bits per heavy atom. The summed E-state index contributed by atoms with van der Waals surface area (Å²) in [6.07, 6.45) is -1.69. The van der Waals surface area contributed by atoms with E-state index in [-0.39, 0.29) is 24.3 Å². The Bertz CT molecular complexity index is 992. The molecule has 4 atom stereocenters. The van der Waals surface area contributed by atoms with Crippen LogP contribution in [0.15, 0.2) is 60.7 Å². The third-order valence-corrected chi connectivity index (χ3v) is 6.21. The molecule has 0 spiro atoms. The summed E-state index contributed by atoms with van der Waals surface area (Å²) < 4.78 is 24.2. The number of amides is 2. The monoisotopic (exact) mass is 524 g/mol. The van der Waals surface area contributed by atoms with Crippen molar-refractivity contribution in [3.63, 3.8) is 0 Å². The van der Waals surface area contributed by atoms with Crippen molar-refractivity contribution in [1.29, 1.82) is 0 Å². The van der Waals surface area contributed by atoms with E-state index in [0.29, 0.717) is 26.3 Å². The van der Waals surface area contributed by atoms with Crippen molar-refractivity contribution >= 4 is 12.2 Å². The number of hydrogen-bond donors (Lipinski definition) is 0. The molecular weight excluding hydrogens is 484 g/mol. The van der Waals surface area contributed by atoms with Crippen molar-refractivity contribution in [3.05, 3.63) is 71.8 Å². The van der Waals surface area contributed by atoms with Crippen LogP contribution in [0.2, 0.25) is 0 Å². The Labute approximate surface area is 225 Å². The largest absolute Gasteiger partial charge is 0.444 e. The van der Waals surface area contributed by atoms with Gasteiger partial charge in [0.25, 0.3) is 0 Å². The molecule has 2 saturated heterocycles. The second-order valence-electron chi connectivity index (χ2n) is 11.9. The molecule has 206 valence electrons. The minimum atomic E-state index is -0.599. The maximum absolute atomic E-state index is 12.8. The molecule has 0 bridgehead atoms. The molecule has 2 heterocycles. The predicted octanol–water partition coefficient (Wildman–Crippen LogP) is 5.40. The van der Waals surface area contributed by atoms with E-state index >= 15 is 0 Å². The Morgan fingerprint density at radius 3 is 1.34 bits per heavy atom. The average molecular weight is 525 g/mol. The fraction of sp³-hybridized carbons (Fsp3) is 0.533. The zero-order valence-electron chi connectivity index (χ0n) is 23.3. The lowest BCUT2D eigenvalue weighted by Crippen LogP contribution is -2.44. The third kappa shape index (κ3) is 7.95. The number of benzene rings is 2. The molecule has 8 heteroatoms. The summed E-state index contributed by atoms with van der Waals surface area (Å²) in [6, 6.07) is 19.3. The molecule has 0 aliphatic carbocycles. The van der Waals surface area contributed by atoms with Gasteiger partial charge in [-0.1, -0.05) is 60.7 Å². The second kappa shape index (κ2) is 11.3. The van der Waals surface area contributed by atoms with Crippen molar-refractivity contribution in [3.8, 4) is 0 Å². The third-order valence-electron chi connectivity index (χ3n) is 6.21. The second-order valence-corrected chi connectivity index (χ2v) is 11.9. The predicted molar refractivity (Wildman–Crippen MR) is 143 cm³/mol. The van der Waals surface area contributed by atoms with Crippen LogP contribution in [-0.4, -0.2) is 70.6 Å². The van der Waals surface area contributed by atoms with Gasteiger partial charge in [-0.2, -0.15) is 0 Å². The van der Waals surface area contributed by atoms with Crippen LogP contribution in [0.4, 0.5) is 9.59 Å². The Hall–Kier alpha value is -3.10. The summed E-state index contributed by atoms with van der Waals surface area (Å²) in [4.78, 5) is 29.0. The van der Waals surface area contributed by atoms with E-state index in [0.717, 1.165) is 11.1 Å². The molecule has 2 aliphatic rings. The van der Waals surface area contributed by atoms with Gasteiger partial charge in [0.15, 0.2) is 0 Å². The van der Waals surface area contributed by atoms with Crippen molar-refractivity contribution in [2.75, 3.05) is 13.1 Å². The molecule has 4 rings (SSSR count). The lowest BCUT2D eigenvalue weighted by Gasteiger charge is -2.29. The maximum Gasteiger partial charge on any atom is 0.410 e. The minimum absolute atomic E-state index is 0.226. The molecule has 2 aliphatic heterocycles. The number of carbonyl (C=O) groups excluding carboxylic acids is 2. The first-order chi connectivity index (χ1) is 17.9. The van der Waals surface area contributed by atoms with Crippen molar-refractivity contribution in [1.82, 2.24) is 9.80 Å². The first-order valence-corrected chi connectivity index (χ1v) is 13.2. The summed E-state index contributed by atoms with van der Waals surface area (Å²) in [5.74, 6) is 0. The quantitative estimate of drug-likeness (QED) is 0.409. The Balaban J connectivity index is 1.55. The number of hydrogen-bond acceptors (Lipinski definition) is 6. The highest BCUT2D eigenvalue weighted by atomic mass is 16.6. The fourth-order valence-corrected chi connectivity index (χ4v) is 4.32. The normalized spacial score (nSPS) is 20.5. The fourth-order valence-electron chi connectivity index (χ4n) is 4.32. The number of nitrogens with zero attached hydrogens (tertiary/aromatic N) is 2. The van der Waals surface area contributed by atoms with Gasteiger partial charge in [0.1, 0.15) is 23.4 Å². The van der Waals surface area contributed by atoms with Crippen LogP contribution in [0.25, 0.3) is 0 Å². The van der Waals surface area contributed by atoms with Gasteiger partial charge in [0, 0.05) is 13.1 Å². The topological polar surface area (TPSA) is 77.1 Å². The maximum atomic E-state index is 12.8. The zero-order chi connectivity index (χ0) is 27.5. The first kappa shape index (κ1) is 27.9. The molecule has 38 heavy (non-hydrogen) atoms. The highest BCUT2D eigenvalue weighted by Gasteiger charge is 2.56. The summed E-state index contributed by atoms with van der Waals surface area (Å²) in [7, 11) is 0. The van der Waals surface area contributed by atoms with Gasteiger partial charge in [-0.05, 0) is 52.7 Å². The molecule has 2 aromatic rings. The van der Waals surface area contributed by atoms with E-state index in [9.17, 15) is 9.59 Å². The Kier molecular flexibility index (Phi) is 8.33. The molecular formula is C30H40N2O6. The lowest BCUT2D eigenvalue weighted by atomic mass is 10.1. The molecule has 0 aromatic heterocycles. The molecule has 2 fully saturated rings. The summed E-state index contributed by atoms with van der Waals surface area (Å²) >= 11 is 0. The Morgan fingerprint density at radius 1 is 0.684 bits per heavy atom. The van der Waals surface area contributed by atoms with Crippen molar-refractivity contribution in [2.24, 2.45) is 0 Å². The summed E-state index contributed by atoms with van der Waals surface area (Å²) in [5, 5.41) is 0. The standard InChI is InChI=1S/C30H40N2O6/c1-29(2,3)37-27(33)31-17-23(31)25(35-19-21-13-9-7-10-14-21)26(36-20-22-15-11-8-12-16-22)24-18-32(24)28(34)38-30(4,5)6/h7-16,23-26H,17-20H2,1-6H3/t23-,24?,25+,26+,31?,32?/m0/s1. The van der Waals surface area contributed by atoms with Crippen LogP contribution in [-0.2, 0) is 32.2 Å². The average Bonchev–Trinajstić information content (AvgIpc) is 3.75.